The van der Waals surface area contributed by atoms with Crippen LogP contribution in [0.1, 0.15) is 15.9 Å². The van der Waals surface area contributed by atoms with Gasteiger partial charge in [0.2, 0.25) is 11.6 Å². The van der Waals surface area contributed by atoms with Gasteiger partial charge in [0.25, 0.3) is 5.91 Å². The molecule has 1 aromatic heterocycles. The molecule has 1 amide bonds. The summed E-state index contributed by atoms with van der Waals surface area (Å²) in [5.41, 5.74) is 5.81. The number of hydrogen-bond donors (Lipinski definition) is 3. The van der Waals surface area contributed by atoms with Crippen LogP contribution in [0.5, 0.6) is 5.75 Å². The summed E-state index contributed by atoms with van der Waals surface area (Å²) in [5.74, 6) is -0.485. The van der Waals surface area contributed by atoms with Crippen molar-refractivity contribution in [2.24, 2.45) is 0 Å². The van der Waals surface area contributed by atoms with Crippen molar-refractivity contribution in [2.75, 3.05) is 17.9 Å². The van der Waals surface area contributed by atoms with Gasteiger partial charge in [-0.2, -0.15) is 0 Å². The van der Waals surface area contributed by atoms with E-state index in [1.807, 2.05) is 13.0 Å². The molecule has 3 aromatic rings. The number of nitrogens with zero attached hydrogens (tertiary/aromatic N) is 3. The maximum absolute atomic E-state index is 12.4. The SMILES string of the molecule is COc1ccc(C)cc1Nc1ncnc(NNC(=O)c2ccc(Cl)cc2Cl)c1[N+](=O)[O-]. The van der Waals surface area contributed by atoms with Crippen LogP contribution >= 0.6 is 23.2 Å². The summed E-state index contributed by atoms with van der Waals surface area (Å²) in [6, 6.07) is 9.63. The maximum atomic E-state index is 12.4. The summed E-state index contributed by atoms with van der Waals surface area (Å²) in [7, 11) is 1.48. The number of amides is 1. The number of aromatic nitrogens is 2. The summed E-state index contributed by atoms with van der Waals surface area (Å²) >= 11 is 11.8. The highest BCUT2D eigenvalue weighted by Gasteiger charge is 2.24. The number of halogens is 2. The van der Waals surface area contributed by atoms with E-state index >= 15 is 0 Å². The van der Waals surface area contributed by atoms with E-state index in [0.29, 0.717) is 16.5 Å². The topological polar surface area (TPSA) is 131 Å². The lowest BCUT2D eigenvalue weighted by molar-refractivity contribution is -0.383. The van der Waals surface area contributed by atoms with Gasteiger partial charge in [0.05, 0.1) is 28.3 Å². The van der Waals surface area contributed by atoms with E-state index in [1.165, 1.54) is 25.3 Å². The lowest BCUT2D eigenvalue weighted by atomic mass is 10.2. The van der Waals surface area contributed by atoms with E-state index < -0.39 is 16.5 Å². The van der Waals surface area contributed by atoms with E-state index in [2.05, 4.69) is 26.1 Å². The van der Waals surface area contributed by atoms with Crippen LogP contribution in [0.4, 0.5) is 23.0 Å². The van der Waals surface area contributed by atoms with Crippen LogP contribution in [0.25, 0.3) is 0 Å². The summed E-state index contributed by atoms with van der Waals surface area (Å²) < 4.78 is 5.28. The van der Waals surface area contributed by atoms with E-state index in [-0.39, 0.29) is 22.2 Å². The monoisotopic (exact) mass is 462 g/mol. The first-order valence-corrected chi connectivity index (χ1v) is 9.48. The zero-order valence-electron chi connectivity index (χ0n) is 16.3. The second kappa shape index (κ2) is 9.45. The summed E-state index contributed by atoms with van der Waals surface area (Å²) in [4.78, 5) is 31.3. The normalized spacial score (nSPS) is 10.3. The Balaban J connectivity index is 1.88. The standard InChI is InChI=1S/C19H16Cl2N6O4/c1-10-3-6-15(31-2)14(7-10)24-17-16(27(29)30)18(23-9-22-17)25-26-19(28)12-5-4-11(20)8-13(12)21/h3-9H,1-2H3,(H,26,28)(H2,22,23,24,25). The average Bonchev–Trinajstić information content (AvgIpc) is 2.72. The lowest BCUT2D eigenvalue weighted by Gasteiger charge is -2.13. The van der Waals surface area contributed by atoms with Gasteiger partial charge in [0, 0.05) is 5.02 Å². The molecule has 160 valence electrons. The molecule has 31 heavy (non-hydrogen) atoms. The van der Waals surface area contributed by atoms with Gasteiger partial charge in [-0.15, -0.1) is 0 Å². The van der Waals surface area contributed by atoms with Crippen molar-refractivity contribution in [3.8, 4) is 5.75 Å². The Kier molecular flexibility index (Phi) is 6.73. The predicted molar refractivity (Wildman–Crippen MR) is 117 cm³/mol. The van der Waals surface area contributed by atoms with Gasteiger partial charge in [-0.05, 0) is 42.8 Å². The smallest absolute Gasteiger partial charge is 0.355 e. The quantitative estimate of drug-likeness (QED) is 0.345. The number of nitro groups is 1. The third-order valence-corrected chi connectivity index (χ3v) is 4.63. The zero-order valence-corrected chi connectivity index (χ0v) is 17.8. The van der Waals surface area contributed by atoms with Crippen molar-refractivity contribution in [3.63, 3.8) is 0 Å². The highest BCUT2D eigenvalue weighted by Crippen LogP contribution is 2.34. The average molecular weight is 463 g/mol. The number of aryl methyl sites for hydroxylation is 1. The van der Waals surface area contributed by atoms with Crippen molar-refractivity contribution >= 4 is 52.1 Å². The minimum atomic E-state index is -0.672. The number of nitrogens with one attached hydrogen (secondary N) is 3. The Bertz CT molecular complexity index is 1160. The molecule has 0 aliphatic heterocycles. The van der Waals surface area contributed by atoms with Gasteiger partial charge in [-0.1, -0.05) is 29.3 Å². The molecule has 0 atom stereocenters. The van der Waals surface area contributed by atoms with Crippen LogP contribution in [0.3, 0.4) is 0 Å². The fraction of sp³-hybridized carbons (Fsp3) is 0.105. The minimum Gasteiger partial charge on any atom is -0.495 e. The first-order chi connectivity index (χ1) is 14.8. The number of rotatable bonds is 7. The molecule has 12 heteroatoms. The molecule has 2 aromatic carbocycles. The molecular weight excluding hydrogens is 447 g/mol. The van der Waals surface area contributed by atoms with E-state index in [0.717, 1.165) is 11.9 Å². The molecule has 0 saturated heterocycles. The van der Waals surface area contributed by atoms with Crippen molar-refractivity contribution in [3.05, 3.63) is 74.0 Å². The van der Waals surface area contributed by atoms with E-state index in [9.17, 15) is 14.9 Å². The number of carbonyl (C=O) groups excluding carboxylic acids is 1. The van der Waals surface area contributed by atoms with Gasteiger partial charge in [0.15, 0.2) is 0 Å². The molecule has 0 saturated carbocycles. The summed E-state index contributed by atoms with van der Waals surface area (Å²) in [6.45, 7) is 1.86. The fourth-order valence-corrected chi connectivity index (χ4v) is 3.13. The van der Waals surface area contributed by atoms with Crippen molar-refractivity contribution in [1.82, 2.24) is 15.4 Å². The lowest BCUT2D eigenvalue weighted by Crippen LogP contribution is -2.30. The number of hydrazine groups is 1. The van der Waals surface area contributed by atoms with Crippen molar-refractivity contribution in [2.45, 2.75) is 6.92 Å². The molecule has 0 unspecified atom stereocenters. The first kappa shape index (κ1) is 22.1. The Labute approximate surface area is 186 Å². The minimum absolute atomic E-state index is 0.0924. The Hall–Kier alpha value is -3.63. The molecule has 0 radical (unpaired) electrons. The molecule has 0 aliphatic carbocycles. The van der Waals surface area contributed by atoms with Crippen LogP contribution in [0, 0.1) is 17.0 Å². The second-order valence-electron chi connectivity index (χ2n) is 6.21. The molecule has 1 heterocycles. The number of anilines is 3. The van der Waals surface area contributed by atoms with Gasteiger partial charge in [-0.25, -0.2) is 9.97 Å². The highest BCUT2D eigenvalue weighted by atomic mass is 35.5. The molecule has 0 spiro atoms. The number of methoxy groups -OCH3 is 1. The predicted octanol–water partition coefficient (Wildman–Crippen LogP) is 4.51. The molecule has 3 rings (SSSR count). The van der Waals surface area contributed by atoms with Crippen LogP contribution in [0.15, 0.2) is 42.7 Å². The van der Waals surface area contributed by atoms with E-state index in [4.69, 9.17) is 27.9 Å². The molecule has 0 fully saturated rings. The van der Waals surface area contributed by atoms with Gasteiger partial charge < -0.3 is 10.1 Å². The Morgan fingerprint density at radius 2 is 1.87 bits per heavy atom. The van der Waals surface area contributed by atoms with Gasteiger partial charge >= 0.3 is 5.69 Å². The number of ether oxygens (including phenoxy) is 1. The fourth-order valence-electron chi connectivity index (χ4n) is 2.64. The van der Waals surface area contributed by atoms with Crippen LogP contribution in [-0.4, -0.2) is 27.9 Å². The van der Waals surface area contributed by atoms with Crippen molar-refractivity contribution < 1.29 is 14.5 Å². The van der Waals surface area contributed by atoms with Crippen LogP contribution < -0.4 is 20.9 Å². The second-order valence-corrected chi connectivity index (χ2v) is 7.05. The Morgan fingerprint density at radius 3 is 2.55 bits per heavy atom. The largest absolute Gasteiger partial charge is 0.495 e. The highest BCUT2D eigenvalue weighted by molar-refractivity contribution is 6.36. The molecule has 0 aliphatic rings. The maximum Gasteiger partial charge on any atom is 0.355 e. The number of benzene rings is 2. The van der Waals surface area contributed by atoms with E-state index in [1.54, 1.807) is 12.1 Å². The number of hydrogen-bond acceptors (Lipinski definition) is 8. The third-order valence-electron chi connectivity index (χ3n) is 4.08. The van der Waals surface area contributed by atoms with Gasteiger partial charge in [-0.3, -0.25) is 25.8 Å². The van der Waals surface area contributed by atoms with Gasteiger partial charge in [0.1, 0.15) is 12.1 Å². The molecular formula is C19H16Cl2N6O4. The van der Waals surface area contributed by atoms with Crippen LogP contribution in [-0.2, 0) is 0 Å². The number of carbonyl (C=O) groups is 1. The summed E-state index contributed by atoms with van der Waals surface area (Å²) in [6.07, 6.45) is 1.11. The van der Waals surface area contributed by atoms with Crippen LogP contribution in [0.2, 0.25) is 10.0 Å². The molecule has 3 N–H and O–H groups in total. The molecule has 0 bridgehead atoms. The van der Waals surface area contributed by atoms with Crippen molar-refractivity contribution in [1.29, 1.82) is 0 Å². The summed E-state index contributed by atoms with van der Waals surface area (Å²) in [5, 5.41) is 15.1. The third kappa shape index (κ3) is 5.11. The Morgan fingerprint density at radius 1 is 1.13 bits per heavy atom. The zero-order chi connectivity index (χ0) is 22.5. The first-order valence-electron chi connectivity index (χ1n) is 8.72. The molecule has 10 nitrogen and oxygen atoms in total.